The van der Waals surface area contributed by atoms with Crippen molar-refractivity contribution in [2.45, 2.75) is 62.8 Å². The van der Waals surface area contributed by atoms with Crippen LogP contribution in [0.4, 0.5) is 46.5 Å². The number of esters is 2. The largest absolute Gasteiger partial charge is 0.461 e. The highest BCUT2D eigenvalue weighted by Crippen LogP contribution is 2.35. The number of allylic oxidation sites excluding steroid dienone is 1. The number of alkyl halides is 8. The Labute approximate surface area is 392 Å². The molecule has 0 amide bonds. The van der Waals surface area contributed by atoms with E-state index in [-0.39, 0.29) is 39.6 Å². The molecule has 1 atom stereocenters. The maximum absolute atomic E-state index is 13.3. The molecule has 70 heavy (non-hydrogen) atoms. The number of halogens is 8. The summed E-state index contributed by atoms with van der Waals surface area (Å²) >= 11 is 0. The zero-order valence-corrected chi connectivity index (χ0v) is 36.2. The Kier molecular flexibility index (Phi) is 18.9. The second-order valence-corrected chi connectivity index (χ2v) is 14.7. The smallest absolute Gasteiger partial charge is 0.428 e. The molecule has 22 heteroatoms. The summed E-state index contributed by atoms with van der Waals surface area (Å²) in [6.45, 7) is 1.70. The molecule has 0 bridgehead atoms. The molecular weight excluding hydrogens is 949 g/mol. The number of carbonyl (C=O) groups is 4. The molecule has 0 aliphatic heterocycles. The summed E-state index contributed by atoms with van der Waals surface area (Å²) in [6.07, 6.45) is -14.5. The molecule has 0 aliphatic carbocycles. The fraction of sp³-hybridized carbons (Fsp3) is 0.208. The lowest BCUT2D eigenvalue weighted by atomic mass is 9.83. The van der Waals surface area contributed by atoms with Gasteiger partial charge in [-0.15, -0.1) is 0 Å². The van der Waals surface area contributed by atoms with E-state index in [2.05, 4.69) is 9.47 Å². The van der Waals surface area contributed by atoms with E-state index >= 15 is 0 Å². The Morgan fingerprint density at radius 3 is 1.30 bits per heavy atom. The van der Waals surface area contributed by atoms with E-state index in [9.17, 15) is 64.5 Å². The van der Waals surface area contributed by atoms with Gasteiger partial charge in [-0.3, -0.25) is 9.59 Å². The van der Waals surface area contributed by atoms with Gasteiger partial charge in [0, 0.05) is 17.8 Å². The summed E-state index contributed by atoms with van der Waals surface area (Å²) < 4.78 is 120. The molecule has 0 aliphatic rings. The number of anilines is 2. The van der Waals surface area contributed by atoms with E-state index in [0.29, 0.717) is 17.5 Å². The fourth-order valence-electron chi connectivity index (χ4n) is 5.67. The Morgan fingerprint density at radius 1 is 0.586 bits per heavy atom. The highest BCUT2D eigenvalue weighted by atomic mass is 19.3. The predicted octanol–water partition coefficient (Wildman–Crippen LogP) is 8.19. The molecule has 0 spiro atoms. The third kappa shape index (κ3) is 16.3. The first-order chi connectivity index (χ1) is 32.8. The van der Waals surface area contributed by atoms with Crippen LogP contribution in [-0.2, 0) is 9.59 Å². The van der Waals surface area contributed by atoms with Gasteiger partial charge in [-0.2, -0.15) is 35.1 Å². The number of hydrogen-bond acceptors (Lipinski definition) is 14. The summed E-state index contributed by atoms with van der Waals surface area (Å²) in [5.41, 5.74) is 12.8. The highest BCUT2D eigenvalue weighted by molar-refractivity contribution is 6.01. The molecule has 0 radical (unpaired) electrons. The van der Waals surface area contributed by atoms with Crippen LogP contribution in [0.2, 0.25) is 0 Å². The summed E-state index contributed by atoms with van der Waals surface area (Å²) in [5.74, 6) is -10.0. The molecule has 5 rings (SSSR count). The zero-order valence-electron chi connectivity index (χ0n) is 36.2. The molecule has 372 valence electrons. The minimum atomic E-state index is -4.73. The van der Waals surface area contributed by atoms with Crippen molar-refractivity contribution >= 4 is 47.0 Å². The number of aliphatic hydroxyl groups excluding tert-OH is 1. The van der Waals surface area contributed by atoms with Crippen molar-refractivity contribution in [2.24, 2.45) is 0 Å². The third-order valence-electron chi connectivity index (χ3n) is 9.29. The maximum atomic E-state index is 13.3. The summed E-state index contributed by atoms with van der Waals surface area (Å²) in [4.78, 5) is 51.9. The lowest BCUT2D eigenvalue weighted by Gasteiger charge is -2.29. The second-order valence-electron chi connectivity index (χ2n) is 14.7. The molecule has 8 N–H and O–H groups in total. The van der Waals surface area contributed by atoms with Crippen LogP contribution in [0.1, 0.15) is 63.1 Å². The fourth-order valence-corrected chi connectivity index (χ4v) is 5.67. The molecule has 5 aromatic rings. The van der Waals surface area contributed by atoms with E-state index in [4.69, 9.17) is 31.2 Å². The van der Waals surface area contributed by atoms with Crippen molar-refractivity contribution in [3.63, 3.8) is 0 Å². The van der Waals surface area contributed by atoms with Gasteiger partial charge in [-0.05, 0) is 126 Å². The molecule has 1 unspecified atom stereocenters. The van der Waals surface area contributed by atoms with Gasteiger partial charge in [-0.1, -0.05) is 43.3 Å². The van der Waals surface area contributed by atoms with Gasteiger partial charge in [-0.25, -0.2) is 9.59 Å². The Balaban J connectivity index is 0.00000202. The number of ether oxygens (including phenoxy) is 4. The SMILES string of the molecule is CCC(O)O.Nc1cc(N)cc(C(CC(=O)/C=C/c2ccc(C(=O)Oc3ccc(OC(F)(F)C(F)F)cc3)cc2)C(O)(O)C(=O)/C=C/c2ccc(C(=O)Oc3ccc(OC(F)(F)C(F)F)cc3)cc2)c1. The normalized spacial score (nSPS) is 12.5. The molecule has 0 aromatic heterocycles. The van der Waals surface area contributed by atoms with E-state index in [1.807, 2.05) is 0 Å². The maximum Gasteiger partial charge on any atom is 0.461 e. The highest BCUT2D eigenvalue weighted by Gasteiger charge is 2.45. The van der Waals surface area contributed by atoms with E-state index in [0.717, 1.165) is 60.7 Å². The lowest BCUT2D eigenvalue weighted by molar-refractivity contribution is -0.253. The monoisotopic (exact) mass is 990 g/mol. The van der Waals surface area contributed by atoms with Gasteiger partial charge in [0.1, 0.15) is 23.0 Å². The van der Waals surface area contributed by atoms with Crippen LogP contribution in [0.25, 0.3) is 12.2 Å². The quantitative estimate of drug-likeness (QED) is 0.0108. The number of benzene rings is 5. The van der Waals surface area contributed by atoms with E-state index in [1.54, 1.807) is 6.92 Å². The minimum Gasteiger partial charge on any atom is -0.428 e. The number of aliphatic hydroxyl groups is 4. The summed E-state index contributed by atoms with van der Waals surface area (Å²) in [5, 5.41) is 38.4. The zero-order chi connectivity index (χ0) is 52.0. The van der Waals surface area contributed by atoms with Crippen molar-refractivity contribution < 1.29 is 93.7 Å². The van der Waals surface area contributed by atoms with Crippen molar-refractivity contribution in [3.05, 3.63) is 155 Å². The van der Waals surface area contributed by atoms with Crippen molar-refractivity contribution in [1.29, 1.82) is 0 Å². The molecule has 0 saturated carbocycles. The van der Waals surface area contributed by atoms with E-state index < -0.39 is 84.5 Å². The Bertz CT molecular complexity index is 2610. The average Bonchev–Trinajstić information content (AvgIpc) is 3.30. The second kappa shape index (κ2) is 24.1. The van der Waals surface area contributed by atoms with Crippen molar-refractivity contribution in [1.82, 2.24) is 0 Å². The van der Waals surface area contributed by atoms with Crippen LogP contribution in [0, 0.1) is 0 Å². The van der Waals surface area contributed by atoms with Crippen LogP contribution < -0.4 is 30.4 Å². The van der Waals surface area contributed by atoms with Crippen LogP contribution in [-0.4, -0.2) is 81.1 Å². The number of ketones is 2. The molecule has 14 nitrogen and oxygen atoms in total. The average molecular weight is 991 g/mol. The number of rotatable bonds is 20. The number of nitrogen functional groups attached to an aromatic ring is 2. The summed E-state index contributed by atoms with van der Waals surface area (Å²) in [7, 11) is 0. The first kappa shape index (κ1) is 54.9. The van der Waals surface area contributed by atoms with Gasteiger partial charge in [0.25, 0.3) is 0 Å². The van der Waals surface area contributed by atoms with Gasteiger partial charge in [0.05, 0.1) is 17.0 Å². The standard InChI is InChI=1S/C45H34F8N2O10.C3H8O2/c46-41(47)44(50,51)64-35-16-12-33(13-17-35)62-39(58)27-7-1-25(2-8-27)5-11-32(56)24-37(29-21-30(54)23-31(55)22-29)43(60,61)38(57)20-6-26-3-9-28(10-4-26)40(59)63-34-14-18-36(19-15-34)65-45(52,53)42(48)49;1-2-3(4)5/h1-23,37,41-42,60-61H,24,54-55H2;3-5H,2H2,1H3/b11-5+,20-6+;. The van der Waals surface area contributed by atoms with Gasteiger partial charge >= 0.3 is 37.0 Å². The van der Waals surface area contributed by atoms with Crippen LogP contribution in [0.5, 0.6) is 23.0 Å². The van der Waals surface area contributed by atoms with Crippen LogP contribution >= 0.6 is 0 Å². The first-order valence-electron chi connectivity index (χ1n) is 20.2. The molecule has 0 heterocycles. The molecule has 0 saturated heterocycles. The molecule has 0 fully saturated rings. The van der Waals surface area contributed by atoms with Gasteiger partial charge in [0.15, 0.2) is 12.1 Å². The van der Waals surface area contributed by atoms with Gasteiger partial charge < -0.3 is 50.8 Å². The summed E-state index contributed by atoms with van der Waals surface area (Å²) in [6, 6.07) is 22.6. The molecule has 5 aromatic carbocycles. The number of nitrogens with two attached hydrogens (primary N) is 2. The third-order valence-corrected chi connectivity index (χ3v) is 9.29. The van der Waals surface area contributed by atoms with Gasteiger partial charge in [0.2, 0.25) is 11.6 Å². The van der Waals surface area contributed by atoms with E-state index in [1.165, 1.54) is 78.9 Å². The van der Waals surface area contributed by atoms with Crippen LogP contribution in [0.15, 0.2) is 127 Å². The predicted molar refractivity (Wildman–Crippen MR) is 235 cm³/mol. The topological polar surface area (TPSA) is 238 Å². The number of carbonyl (C=O) groups excluding carboxylic acids is 4. The van der Waals surface area contributed by atoms with Crippen molar-refractivity contribution in [2.75, 3.05) is 11.5 Å². The number of hydrogen-bond donors (Lipinski definition) is 6. The lowest BCUT2D eigenvalue weighted by Crippen LogP contribution is -2.44. The Morgan fingerprint density at radius 2 is 0.943 bits per heavy atom. The minimum absolute atomic E-state index is 0.0106. The van der Waals surface area contributed by atoms with Crippen LogP contribution in [0.3, 0.4) is 0 Å². The molecular formula is C48H42F8N2O12. The first-order valence-corrected chi connectivity index (χ1v) is 20.2. The Hall–Kier alpha value is -7.66. The van der Waals surface area contributed by atoms with Crippen molar-refractivity contribution in [3.8, 4) is 23.0 Å².